The number of aromatic nitrogens is 1. The molecule has 0 aliphatic heterocycles. The minimum absolute atomic E-state index is 0.134. The maximum absolute atomic E-state index is 13.5. The number of fused-ring (bicyclic) bond motifs is 1. The highest BCUT2D eigenvalue weighted by Gasteiger charge is 2.23. The van der Waals surface area contributed by atoms with Crippen molar-refractivity contribution in [3.05, 3.63) is 119 Å². The van der Waals surface area contributed by atoms with Crippen LogP contribution in [0.15, 0.2) is 103 Å². The number of para-hydroxylation sites is 1. The largest absolute Gasteiger partial charge is 0.324 e. The first-order chi connectivity index (χ1) is 15.7. The highest BCUT2D eigenvalue weighted by molar-refractivity contribution is 7.21. The third-order valence-corrected chi connectivity index (χ3v) is 6.71. The van der Waals surface area contributed by atoms with Crippen molar-refractivity contribution < 1.29 is 4.79 Å². The van der Waals surface area contributed by atoms with Crippen LogP contribution in [0.1, 0.15) is 17.0 Å². The van der Waals surface area contributed by atoms with Gasteiger partial charge in [-0.05, 0) is 35.4 Å². The van der Waals surface area contributed by atoms with Crippen LogP contribution in [0.25, 0.3) is 20.8 Å². The van der Waals surface area contributed by atoms with E-state index in [1.807, 2.05) is 91.0 Å². The van der Waals surface area contributed by atoms with Crippen molar-refractivity contribution in [3.8, 4) is 10.6 Å². The molecule has 1 heterocycles. The minimum atomic E-state index is -0.445. The topological polar surface area (TPSA) is 42.0 Å². The van der Waals surface area contributed by atoms with Crippen molar-refractivity contribution in [1.29, 1.82) is 0 Å². The molecule has 0 aliphatic rings. The lowest BCUT2D eigenvalue weighted by molar-refractivity contribution is -0.116. The van der Waals surface area contributed by atoms with E-state index >= 15 is 0 Å². The van der Waals surface area contributed by atoms with Gasteiger partial charge < -0.3 is 5.32 Å². The molecule has 0 saturated heterocycles. The molecule has 5 aromatic rings. The number of anilines is 1. The summed E-state index contributed by atoms with van der Waals surface area (Å²) < 4.78 is 1.12. The van der Waals surface area contributed by atoms with Gasteiger partial charge in [0.05, 0.1) is 26.8 Å². The minimum Gasteiger partial charge on any atom is -0.324 e. The van der Waals surface area contributed by atoms with Gasteiger partial charge in [-0.15, -0.1) is 11.3 Å². The van der Waals surface area contributed by atoms with E-state index in [2.05, 4.69) is 11.4 Å². The molecule has 156 valence electrons. The molecule has 4 aromatic carbocycles. The van der Waals surface area contributed by atoms with Crippen LogP contribution in [0, 0.1) is 0 Å². The van der Waals surface area contributed by atoms with Gasteiger partial charge in [0.25, 0.3) is 0 Å². The smallest absolute Gasteiger partial charge is 0.236 e. The Labute approximate surface area is 195 Å². The first-order valence-corrected chi connectivity index (χ1v) is 11.4. The molecule has 1 aromatic heterocycles. The van der Waals surface area contributed by atoms with Gasteiger partial charge in [-0.3, -0.25) is 4.79 Å². The van der Waals surface area contributed by atoms with E-state index in [0.717, 1.165) is 31.9 Å². The van der Waals surface area contributed by atoms with Crippen LogP contribution in [-0.2, 0) is 4.79 Å². The van der Waals surface area contributed by atoms with E-state index in [9.17, 15) is 4.79 Å². The zero-order valence-electron chi connectivity index (χ0n) is 17.0. The first kappa shape index (κ1) is 20.4. The Kier molecular flexibility index (Phi) is 5.71. The van der Waals surface area contributed by atoms with Crippen LogP contribution < -0.4 is 5.32 Å². The normalized spacial score (nSPS) is 11.1. The molecule has 0 atom stereocenters. The van der Waals surface area contributed by atoms with E-state index < -0.39 is 5.92 Å². The standard InChI is InChI=1S/C27H19ClN2OS/c28-21-16-15-20(27-30-22-13-7-8-14-24(22)32-27)17-23(21)29-26(31)25(18-9-3-1-4-10-18)19-11-5-2-6-12-19/h1-17,25H,(H,29,31). The summed E-state index contributed by atoms with van der Waals surface area (Å²) >= 11 is 8.09. The van der Waals surface area contributed by atoms with Gasteiger partial charge >= 0.3 is 0 Å². The number of nitrogens with zero attached hydrogens (tertiary/aromatic N) is 1. The number of nitrogens with one attached hydrogen (secondary N) is 1. The van der Waals surface area contributed by atoms with Crippen molar-refractivity contribution in [2.24, 2.45) is 0 Å². The summed E-state index contributed by atoms with van der Waals surface area (Å²) in [4.78, 5) is 18.2. The summed E-state index contributed by atoms with van der Waals surface area (Å²) in [5.41, 5.74) is 4.30. The molecule has 0 spiro atoms. The fourth-order valence-electron chi connectivity index (χ4n) is 3.74. The number of amides is 1. The maximum atomic E-state index is 13.5. The van der Waals surface area contributed by atoms with Crippen molar-refractivity contribution in [3.63, 3.8) is 0 Å². The highest BCUT2D eigenvalue weighted by atomic mass is 35.5. The maximum Gasteiger partial charge on any atom is 0.236 e. The summed E-state index contributed by atoms with van der Waals surface area (Å²) in [7, 11) is 0. The van der Waals surface area contributed by atoms with E-state index in [0.29, 0.717) is 10.7 Å². The van der Waals surface area contributed by atoms with E-state index in [1.54, 1.807) is 17.4 Å². The molecule has 0 radical (unpaired) electrons. The van der Waals surface area contributed by atoms with Gasteiger partial charge in [-0.1, -0.05) is 90.5 Å². The molecule has 0 unspecified atom stereocenters. The van der Waals surface area contributed by atoms with Crippen LogP contribution in [0.5, 0.6) is 0 Å². The number of thiazole rings is 1. The third-order valence-electron chi connectivity index (χ3n) is 5.29. The Morgan fingerprint density at radius 1 is 0.812 bits per heavy atom. The Balaban J connectivity index is 1.49. The Hall–Kier alpha value is -3.47. The molecular formula is C27H19ClN2OS. The fraction of sp³-hybridized carbons (Fsp3) is 0.0370. The molecule has 0 saturated carbocycles. The zero-order chi connectivity index (χ0) is 21.9. The predicted octanol–water partition coefficient (Wildman–Crippen LogP) is 7.39. The van der Waals surface area contributed by atoms with Crippen molar-refractivity contribution in [1.82, 2.24) is 4.98 Å². The lowest BCUT2D eigenvalue weighted by Gasteiger charge is -2.18. The average molecular weight is 455 g/mol. The van der Waals surface area contributed by atoms with E-state index in [4.69, 9.17) is 16.6 Å². The molecule has 0 bridgehead atoms. The van der Waals surface area contributed by atoms with Crippen LogP contribution in [0.2, 0.25) is 5.02 Å². The van der Waals surface area contributed by atoms with Gasteiger partial charge in [0.2, 0.25) is 5.91 Å². The molecule has 1 N–H and O–H groups in total. The number of carbonyl (C=O) groups excluding carboxylic acids is 1. The van der Waals surface area contributed by atoms with Gasteiger partial charge in [-0.25, -0.2) is 4.98 Å². The molecule has 3 nitrogen and oxygen atoms in total. The number of carbonyl (C=O) groups is 1. The fourth-order valence-corrected chi connectivity index (χ4v) is 4.87. The second kappa shape index (κ2) is 8.95. The summed E-state index contributed by atoms with van der Waals surface area (Å²) in [6.45, 7) is 0. The molecular weight excluding hydrogens is 436 g/mol. The number of hydrogen-bond donors (Lipinski definition) is 1. The summed E-state index contributed by atoms with van der Waals surface area (Å²) in [5.74, 6) is -0.578. The summed E-state index contributed by atoms with van der Waals surface area (Å²) in [6, 6.07) is 33.2. The molecule has 1 amide bonds. The number of hydrogen-bond acceptors (Lipinski definition) is 3. The van der Waals surface area contributed by atoms with Gasteiger partial charge in [0.1, 0.15) is 5.01 Å². The summed E-state index contributed by atoms with van der Waals surface area (Å²) in [6.07, 6.45) is 0. The SMILES string of the molecule is O=C(Nc1cc(-c2nc3ccccc3s2)ccc1Cl)C(c1ccccc1)c1ccccc1. The van der Waals surface area contributed by atoms with Crippen LogP contribution >= 0.6 is 22.9 Å². The lowest BCUT2D eigenvalue weighted by atomic mass is 9.90. The molecule has 32 heavy (non-hydrogen) atoms. The lowest BCUT2D eigenvalue weighted by Crippen LogP contribution is -2.22. The van der Waals surface area contributed by atoms with E-state index in [-0.39, 0.29) is 5.91 Å². The van der Waals surface area contributed by atoms with E-state index in [1.165, 1.54) is 0 Å². The monoisotopic (exact) mass is 454 g/mol. The number of halogens is 1. The molecule has 5 heteroatoms. The molecule has 0 fully saturated rings. The second-order valence-corrected chi connectivity index (χ2v) is 8.86. The highest BCUT2D eigenvalue weighted by Crippen LogP contribution is 2.35. The quantitative estimate of drug-likeness (QED) is 0.301. The van der Waals surface area contributed by atoms with Crippen molar-refractivity contribution in [2.45, 2.75) is 5.92 Å². The molecule has 0 aliphatic carbocycles. The Morgan fingerprint density at radius 3 is 2.09 bits per heavy atom. The van der Waals surface area contributed by atoms with Crippen molar-refractivity contribution >= 4 is 44.7 Å². The number of benzene rings is 4. The number of rotatable bonds is 5. The molecule has 5 rings (SSSR count). The van der Waals surface area contributed by atoms with Gasteiger partial charge in [-0.2, -0.15) is 0 Å². The zero-order valence-corrected chi connectivity index (χ0v) is 18.6. The Morgan fingerprint density at radius 2 is 1.44 bits per heavy atom. The van der Waals surface area contributed by atoms with Gasteiger partial charge in [0.15, 0.2) is 0 Å². The summed E-state index contributed by atoms with van der Waals surface area (Å²) in [5, 5.41) is 4.44. The second-order valence-electron chi connectivity index (χ2n) is 7.42. The predicted molar refractivity (Wildman–Crippen MR) is 133 cm³/mol. The van der Waals surface area contributed by atoms with Gasteiger partial charge in [0, 0.05) is 5.56 Å². The van der Waals surface area contributed by atoms with Crippen molar-refractivity contribution in [2.75, 3.05) is 5.32 Å². The first-order valence-electron chi connectivity index (χ1n) is 10.3. The van der Waals surface area contributed by atoms with Crippen LogP contribution in [-0.4, -0.2) is 10.9 Å². The van der Waals surface area contributed by atoms with Crippen LogP contribution in [0.3, 0.4) is 0 Å². The van der Waals surface area contributed by atoms with Crippen LogP contribution in [0.4, 0.5) is 5.69 Å². The third kappa shape index (κ3) is 4.15. The Bertz CT molecular complexity index is 1310. The average Bonchev–Trinajstić information content (AvgIpc) is 3.26.